The summed E-state index contributed by atoms with van der Waals surface area (Å²) in [6.45, 7) is 2.41. The molecule has 3 aromatic rings. The molecule has 2 aromatic heterocycles. The van der Waals surface area contributed by atoms with E-state index >= 15 is 0 Å². The van der Waals surface area contributed by atoms with Crippen LogP contribution in [0.5, 0.6) is 0 Å². The fourth-order valence-corrected chi connectivity index (χ4v) is 4.50. The van der Waals surface area contributed by atoms with Crippen molar-refractivity contribution in [2.45, 2.75) is 51.1 Å². The normalized spacial score (nSPS) is 18.7. The third-order valence-electron chi connectivity index (χ3n) is 6.53. The number of hydrogen-bond acceptors (Lipinski definition) is 6. The number of aromatic nitrogens is 4. The summed E-state index contributed by atoms with van der Waals surface area (Å²) >= 11 is 0. The highest BCUT2D eigenvalue weighted by molar-refractivity contribution is 5.77. The van der Waals surface area contributed by atoms with Crippen LogP contribution in [0.2, 0.25) is 0 Å². The molecule has 0 bridgehead atoms. The number of fused-ring (bicyclic) bond motifs is 1. The number of imidazole rings is 1. The highest BCUT2D eigenvalue weighted by Gasteiger charge is 2.24. The number of para-hydroxylation sites is 2. The topological polar surface area (TPSA) is 88.0 Å². The number of anilines is 2. The maximum atomic E-state index is 12.5. The summed E-state index contributed by atoms with van der Waals surface area (Å²) in [7, 11) is 1.99. The van der Waals surface area contributed by atoms with Crippen LogP contribution in [-0.2, 0) is 18.4 Å². The van der Waals surface area contributed by atoms with Crippen LogP contribution in [0.4, 0.5) is 11.6 Å². The van der Waals surface area contributed by atoms with E-state index in [1.807, 2.05) is 35.9 Å². The van der Waals surface area contributed by atoms with Gasteiger partial charge in [-0.15, -0.1) is 0 Å². The van der Waals surface area contributed by atoms with Gasteiger partial charge in [0.25, 0.3) is 0 Å². The summed E-state index contributed by atoms with van der Waals surface area (Å²) in [6.07, 6.45) is 7.82. The van der Waals surface area contributed by atoms with Crippen molar-refractivity contribution < 1.29 is 4.79 Å². The van der Waals surface area contributed by atoms with Crippen LogP contribution in [0.3, 0.4) is 0 Å². The van der Waals surface area contributed by atoms with Crippen LogP contribution in [0.25, 0.3) is 11.0 Å². The molecule has 1 atom stereocenters. The van der Waals surface area contributed by atoms with Gasteiger partial charge in [-0.05, 0) is 50.2 Å². The maximum absolute atomic E-state index is 12.5. The molecule has 1 amide bonds. The predicted molar refractivity (Wildman–Crippen MR) is 125 cm³/mol. The van der Waals surface area contributed by atoms with E-state index in [4.69, 9.17) is 0 Å². The zero-order valence-electron chi connectivity index (χ0n) is 18.6. The Balaban J connectivity index is 1.11. The van der Waals surface area contributed by atoms with Crippen LogP contribution >= 0.6 is 0 Å². The SMILES string of the molecule is Cn1c(CNC(=O)CCC2CCCN(c3cc(NC4CC4)ncn3)C2)nc2ccccc21. The molecule has 0 radical (unpaired) electrons. The Bertz CT molecular complexity index is 1090. The maximum Gasteiger partial charge on any atom is 0.220 e. The molecule has 1 aromatic carbocycles. The van der Waals surface area contributed by atoms with Crippen molar-refractivity contribution in [1.82, 2.24) is 24.8 Å². The lowest BCUT2D eigenvalue weighted by molar-refractivity contribution is -0.121. The number of hydrogen-bond donors (Lipinski definition) is 2. The quantitative estimate of drug-likeness (QED) is 0.567. The monoisotopic (exact) mass is 433 g/mol. The third kappa shape index (κ3) is 4.84. The second-order valence-electron chi connectivity index (χ2n) is 9.03. The molecule has 2 aliphatic rings. The Morgan fingerprint density at radius 1 is 1.19 bits per heavy atom. The van der Waals surface area contributed by atoms with Gasteiger partial charge in [-0.3, -0.25) is 4.79 Å². The van der Waals surface area contributed by atoms with E-state index in [-0.39, 0.29) is 5.91 Å². The minimum atomic E-state index is 0.0899. The number of benzene rings is 1. The summed E-state index contributed by atoms with van der Waals surface area (Å²) in [5.74, 6) is 3.37. The van der Waals surface area contributed by atoms with E-state index in [0.717, 1.165) is 60.8 Å². The summed E-state index contributed by atoms with van der Waals surface area (Å²) in [4.78, 5) is 28.3. The van der Waals surface area contributed by atoms with Crippen LogP contribution < -0.4 is 15.5 Å². The first-order valence-corrected chi connectivity index (χ1v) is 11.7. The van der Waals surface area contributed by atoms with Gasteiger partial charge in [0.1, 0.15) is 23.8 Å². The zero-order chi connectivity index (χ0) is 21.9. The number of nitrogens with one attached hydrogen (secondary N) is 2. The molecular weight excluding hydrogens is 402 g/mol. The molecular formula is C24H31N7O. The third-order valence-corrected chi connectivity index (χ3v) is 6.53. The lowest BCUT2D eigenvalue weighted by Gasteiger charge is -2.33. The summed E-state index contributed by atoms with van der Waals surface area (Å²) < 4.78 is 2.04. The molecule has 5 rings (SSSR count). The molecule has 8 nitrogen and oxygen atoms in total. The second kappa shape index (κ2) is 9.14. The van der Waals surface area contributed by atoms with E-state index in [2.05, 4.69) is 36.6 Å². The highest BCUT2D eigenvalue weighted by atomic mass is 16.1. The van der Waals surface area contributed by atoms with E-state index < -0.39 is 0 Å². The molecule has 32 heavy (non-hydrogen) atoms. The molecule has 1 saturated heterocycles. The second-order valence-corrected chi connectivity index (χ2v) is 9.03. The van der Waals surface area contributed by atoms with Gasteiger partial charge < -0.3 is 20.1 Å². The molecule has 168 valence electrons. The van der Waals surface area contributed by atoms with Crippen molar-refractivity contribution in [3.63, 3.8) is 0 Å². The molecule has 2 N–H and O–H groups in total. The highest BCUT2D eigenvalue weighted by Crippen LogP contribution is 2.28. The number of carbonyl (C=O) groups excluding carboxylic acids is 1. The van der Waals surface area contributed by atoms with Crippen molar-refractivity contribution in [3.8, 4) is 0 Å². The Kier molecular flexibility index (Phi) is 5.92. The zero-order valence-corrected chi connectivity index (χ0v) is 18.6. The van der Waals surface area contributed by atoms with Crippen LogP contribution in [0.1, 0.15) is 44.3 Å². The van der Waals surface area contributed by atoms with Gasteiger partial charge in [0.15, 0.2) is 0 Å². The average Bonchev–Trinajstić information content (AvgIpc) is 3.58. The summed E-state index contributed by atoms with van der Waals surface area (Å²) in [5.41, 5.74) is 2.04. The number of piperidine rings is 1. The van der Waals surface area contributed by atoms with Crippen molar-refractivity contribution in [2.24, 2.45) is 13.0 Å². The smallest absolute Gasteiger partial charge is 0.220 e. The van der Waals surface area contributed by atoms with Gasteiger partial charge in [-0.2, -0.15) is 0 Å². The number of carbonyl (C=O) groups is 1. The Morgan fingerprint density at radius 3 is 2.91 bits per heavy atom. The summed E-state index contributed by atoms with van der Waals surface area (Å²) in [5, 5.41) is 6.50. The van der Waals surface area contributed by atoms with E-state index in [1.165, 1.54) is 12.8 Å². The first kappa shape index (κ1) is 20.7. The van der Waals surface area contributed by atoms with Crippen LogP contribution in [-0.4, -0.2) is 44.6 Å². The van der Waals surface area contributed by atoms with Gasteiger partial charge in [0, 0.05) is 38.7 Å². The van der Waals surface area contributed by atoms with Gasteiger partial charge >= 0.3 is 0 Å². The largest absolute Gasteiger partial charge is 0.367 e. The molecule has 0 spiro atoms. The minimum Gasteiger partial charge on any atom is -0.367 e. The summed E-state index contributed by atoms with van der Waals surface area (Å²) in [6, 6.07) is 10.7. The van der Waals surface area contributed by atoms with Crippen molar-refractivity contribution in [1.29, 1.82) is 0 Å². The number of aryl methyl sites for hydroxylation is 1. The van der Waals surface area contributed by atoms with Gasteiger partial charge in [0.05, 0.1) is 17.6 Å². The first-order valence-electron chi connectivity index (χ1n) is 11.7. The molecule has 2 fully saturated rings. The van der Waals surface area contributed by atoms with Crippen molar-refractivity contribution in [3.05, 3.63) is 42.5 Å². The number of amides is 1. The van der Waals surface area contributed by atoms with Crippen LogP contribution in [0, 0.1) is 5.92 Å². The minimum absolute atomic E-state index is 0.0899. The molecule has 3 heterocycles. The standard InChI is InChI=1S/C24H31N7O/c1-30-20-7-3-2-6-19(20)29-23(30)14-25-24(32)11-8-17-5-4-12-31(15-17)22-13-21(26-16-27-22)28-18-9-10-18/h2-3,6-7,13,16-18H,4-5,8-12,14-15H2,1H3,(H,25,32)(H,26,27,28). The predicted octanol–water partition coefficient (Wildman–Crippen LogP) is 3.25. The van der Waals surface area contributed by atoms with Gasteiger partial charge in [-0.25, -0.2) is 15.0 Å². The Labute approximate surface area is 188 Å². The Hall–Kier alpha value is -3.16. The molecule has 1 unspecified atom stereocenters. The molecule has 1 aliphatic carbocycles. The average molecular weight is 434 g/mol. The molecule has 8 heteroatoms. The first-order chi connectivity index (χ1) is 15.7. The molecule has 1 aliphatic heterocycles. The lowest BCUT2D eigenvalue weighted by Crippen LogP contribution is -2.36. The molecule has 1 saturated carbocycles. The number of rotatable bonds is 8. The fourth-order valence-electron chi connectivity index (χ4n) is 4.50. The van der Waals surface area contributed by atoms with Crippen LogP contribution in [0.15, 0.2) is 36.7 Å². The fraction of sp³-hybridized carbons (Fsp3) is 0.500. The van der Waals surface area contributed by atoms with E-state index in [1.54, 1.807) is 6.33 Å². The van der Waals surface area contributed by atoms with E-state index in [9.17, 15) is 4.79 Å². The van der Waals surface area contributed by atoms with Crippen molar-refractivity contribution in [2.75, 3.05) is 23.3 Å². The van der Waals surface area contributed by atoms with Gasteiger partial charge in [0.2, 0.25) is 5.91 Å². The van der Waals surface area contributed by atoms with Gasteiger partial charge in [-0.1, -0.05) is 12.1 Å². The number of nitrogens with zero attached hydrogens (tertiary/aromatic N) is 5. The lowest BCUT2D eigenvalue weighted by atomic mass is 9.93. The Morgan fingerprint density at radius 2 is 2.06 bits per heavy atom. The van der Waals surface area contributed by atoms with Crippen molar-refractivity contribution >= 4 is 28.6 Å². The van der Waals surface area contributed by atoms with E-state index in [0.29, 0.717) is 24.9 Å².